The molecule has 0 saturated carbocycles. The molecule has 2 amide bonds. The number of nitrogens with zero attached hydrogens (tertiary/aromatic N) is 3. The van der Waals surface area contributed by atoms with Crippen LogP contribution in [0.25, 0.3) is 0 Å². The van der Waals surface area contributed by atoms with Crippen molar-refractivity contribution in [2.24, 2.45) is 0 Å². The van der Waals surface area contributed by atoms with Crippen molar-refractivity contribution >= 4 is 23.2 Å². The second-order valence-corrected chi connectivity index (χ2v) is 7.16. The van der Waals surface area contributed by atoms with Gasteiger partial charge in [-0.2, -0.15) is 0 Å². The van der Waals surface area contributed by atoms with E-state index in [1.165, 1.54) is 11.0 Å². The largest absolute Gasteiger partial charge is 0.492 e. The zero-order valence-electron chi connectivity index (χ0n) is 16.4. The maximum atomic E-state index is 14.1. The highest BCUT2D eigenvalue weighted by Crippen LogP contribution is 2.33. The van der Waals surface area contributed by atoms with Crippen LogP contribution in [0.1, 0.15) is 13.3 Å². The van der Waals surface area contributed by atoms with Crippen molar-refractivity contribution in [3.05, 3.63) is 54.3 Å². The van der Waals surface area contributed by atoms with E-state index >= 15 is 0 Å². The minimum Gasteiger partial charge on any atom is -0.492 e. The maximum absolute atomic E-state index is 14.1. The lowest BCUT2D eigenvalue weighted by Crippen LogP contribution is -2.52. The van der Waals surface area contributed by atoms with E-state index in [0.717, 1.165) is 0 Å². The summed E-state index contributed by atoms with van der Waals surface area (Å²) in [6.45, 7) is 4.72. The normalized spacial score (nSPS) is 20.4. The minimum atomic E-state index is -0.486. The van der Waals surface area contributed by atoms with Gasteiger partial charge in [0.1, 0.15) is 11.6 Å². The summed E-state index contributed by atoms with van der Waals surface area (Å²) < 4.78 is 19.7. The summed E-state index contributed by atoms with van der Waals surface area (Å²) in [5.41, 5.74) is 1.07. The summed E-state index contributed by atoms with van der Waals surface area (Å²) in [7, 11) is 0. The number of hydrogen-bond donors (Lipinski definition) is 0. The SMILES string of the molecule is CCOc1ccccc1N1C(=O)CC(N2CCN(c3ccccc3F)CC2)C1=O. The first-order chi connectivity index (χ1) is 14.1. The molecule has 152 valence electrons. The smallest absolute Gasteiger partial charge is 0.251 e. The first-order valence-corrected chi connectivity index (χ1v) is 9.92. The number of ether oxygens (including phenoxy) is 1. The molecule has 7 heteroatoms. The quantitative estimate of drug-likeness (QED) is 0.726. The number of carbonyl (C=O) groups is 2. The molecule has 2 fully saturated rings. The highest BCUT2D eigenvalue weighted by Gasteiger charge is 2.44. The lowest BCUT2D eigenvalue weighted by atomic mass is 10.1. The Bertz CT molecular complexity index is 912. The Morgan fingerprint density at radius 1 is 0.966 bits per heavy atom. The first kappa shape index (κ1) is 19.4. The fourth-order valence-corrected chi connectivity index (χ4v) is 4.06. The Hall–Kier alpha value is -2.93. The highest BCUT2D eigenvalue weighted by atomic mass is 19.1. The minimum absolute atomic E-state index is 0.152. The summed E-state index contributed by atoms with van der Waals surface area (Å²) in [6, 6.07) is 13.3. The number of hydrogen-bond acceptors (Lipinski definition) is 5. The summed E-state index contributed by atoms with van der Waals surface area (Å²) in [4.78, 5) is 31.1. The molecule has 0 bridgehead atoms. The van der Waals surface area contributed by atoms with Gasteiger partial charge in [-0.05, 0) is 31.2 Å². The van der Waals surface area contributed by atoms with Crippen molar-refractivity contribution in [2.45, 2.75) is 19.4 Å². The number of amides is 2. The molecule has 6 nitrogen and oxygen atoms in total. The number of imide groups is 1. The van der Waals surface area contributed by atoms with Crippen molar-refractivity contribution in [3.63, 3.8) is 0 Å². The summed E-state index contributed by atoms with van der Waals surface area (Å²) >= 11 is 0. The predicted octanol–water partition coefficient (Wildman–Crippen LogP) is 2.68. The van der Waals surface area contributed by atoms with Crippen LogP contribution in [0.2, 0.25) is 0 Å². The van der Waals surface area contributed by atoms with E-state index in [1.807, 2.05) is 28.9 Å². The van der Waals surface area contributed by atoms with Gasteiger partial charge in [0, 0.05) is 26.2 Å². The number of carbonyl (C=O) groups excluding carboxylic acids is 2. The number of benzene rings is 2. The van der Waals surface area contributed by atoms with E-state index in [0.29, 0.717) is 49.9 Å². The molecule has 2 heterocycles. The molecule has 2 aliphatic heterocycles. The van der Waals surface area contributed by atoms with Gasteiger partial charge in [-0.25, -0.2) is 9.29 Å². The molecule has 0 N–H and O–H groups in total. The van der Waals surface area contributed by atoms with Crippen molar-refractivity contribution in [1.82, 2.24) is 4.90 Å². The molecule has 1 unspecified atom stereocenters. The molecular formula is C22H24FN3O3. The third-order valence-corrected chi connectivity index (χ3v) is 5.48. The van der Waals surface area contributed by atoms with Crippen LogP contribution < -0.4 is 14.5 Å². The monoisotopic (exact) mass is 397 g/mol. The van der Waals surface area contributed by atoms with E-state index in [9.17, 15) is 14.0 Å². The summed E-state index contributed by atoms with van der Waals surface area (Å²) in [6.07, 6.45) is 0.152. The average molecular weight is 397 g/mol. The second-order valence-electron chi connectivity index (χ2n) is 7.16. The Morgan fingerprint density at radius 2 is 1.62 bits per heavy atom. The molecule has 0 aromatic heterocycles. The molecule has 0 radical (unpaired) electrons. The Balaban J connectivity index is 1.47. The van der Waals surface area contributed by atoms with Crippen LogP contribution in [-0.4, -0.2) is 55.5 Å². The van der Waals surface area contributed by atoms with Crippen LogP contribution in [-0.2, 0) is 9.59 Å². The Labute approximate surface area is 169 Å². The van der Waals surface area contributed by atoms with Gasteiger partial charge in [-0.15, -0.1) is 0 Å². The standard InChI is InChI=1S/C22H24FN3O3/c1-2-29-20-10-6-5-9-18(20)26-21(27)15-19(22(26)28)25-13-11-24(12-14-25)17-8-4-3-7-16(17)23/h3-10,19H,2,11-15H2,1H3. The third kappa shape index (κ3) is 3.70. The van der Waals surface area contributed by atoms with Crippen molar-refractivity contribution < 1.29 is 18.7 Å². The number of anilines is 2. The molecular weight excluding hydrogens is 373 g/mol. The van der Waals surface area contributed by atoms with Gasteiger partial charge >= 0.3 is 0 Å². The average Bonchev–Trinajstić information content (AvgIpc) is 3.03. The van der Waals surface area contributed by atoms with E-state index in [-0.39, 0.29) is 24.1 Å². The van der Waals surface area contributed by atoms with Crippen LogP contribution in [0.5, 0.6) is 5.75 Å². The Kier molecular flexibility index (Phi) is 5.49. The van der Waals surface area contributed by atoms with Gasteiger partial charge in [0.15, 0.2) is 0 Å². The van der Waals surface area contributed by atoms with E-state index < -0.39 is 6.04 Å². The molecule has 2 saturated heterocycles. The topological polar surface area (TPSA) is 53.1 Å². The zero-order valence-corrected chi connectivity index (χ0v) is 16.4. The van der Waals surface area contributed by atoms with Crippen LogP contribution in [0, 0.1) is 5.82 Å². The van der Waals surface area contributed by atoms with Gasteiger partial charge in [-0.1, -0.05) is 24.3 Å². The van der Waals surface area contributed by atoms with E-state index in [2.05, 4.69) is 0 Å². The molecule has 2 aromatic rings. The molecule has 29 heavy (non-hydrogen) atoms. The van der Waals surface area contributed by atoms with Crippen molar-refractivity contribution in [3.8, 4) is 5.75 Å². The fourth-order valence-electron chi connectivity index (χ4n) is 4.06. The van der Waals surface area contributed by atoms with Crippen LogP contribution >= 0.6 is 0 Å². The molecule has 4 rings (SSSR count). The maximum Gasteiger partial charge on any atom is 0.251 e. The second kappa shape index (κ2) is 8.21. The van der Waals surface area contributed by atoms with Gasteiger partial charge in [0.25, 0.3) is 5.91 Å². The number of halogens is 1. The lowest BCUT2D eigenvalue weighted by Gasteiger charge is -2.38. The molecule has 1 atom stereocenters. The number of piperazine rings is 1. The van der Waals surface area contributed by atoms with Gasteiger partial charge in [-0.3, -0.25) is 14.5 Å². The molecule has 0 spiro atoms. The molecule has 2 aliphatic rings. The Morgan fingerprint density at radius 3 is 2.31 bits per heavy atom. The van der Waals surface area contributed by atoms with E-state index in [1.54, 1.807) is 30.3 Å². The zero-order chi connectivity index (χ0) is 20.4. The number of rotatable bonds is 5. The van der Waals surface area contributed by atoms with Crippen LogP contribution in [0.3, 0.4) is 0 Å². The lowest BCUT2D eigenvalue weighted by molar-refractivity contribution is -0.123. The number of para-hydroxylation sites is 3. The van der Waals surface area contributed by atoms with Crippen molar-refractivity contribution in [2.75, 3.05) is 42.6 Å². The van der Waals surface area contributed by atoms with Gasteiger partial charge in [0.2, 0.25) is 5.91 Å². The molecule has 0 aliphatic carbocycles. The summed E-state index contributed by atoms with van der Waals surface area (Å²) in [5, 5.41) is 0. The van der Waals surface area contributed by atoms with Gasteiger partial charge in [0.05, 0.1) is 30.4 Å². The fraction of sp³-hybridized carbons (Fsp3) is 0.364. The summed E-state index contributed by atoms with van der Waals surface area (Å²) in [5.74, 6) is -0.154. The van der Waals surface area contributed by atoms with Crippen LogP contribution in [0.4, 0.5) is 15.8 Å². The van der Waals surface area contributed by atoms with Gasteiger partial charge < -0.3 is 9.64 Å². The first-order valence-electron chi connectivity index (χ1n) is 9.92. The highest BCUT2D eigenvalue weighted by molar-refractivity contribution is 6.23. The molecule has 2 aromatic carbocycles. The predicted molar refractivity (Wildman–Crippen MR) is 109 cm³/mol. The van der Waals surface area contributed by atoms with Crippen molar-refractivity contribution in [1.29, 1.82) is 0 Å². The van der Waals surface area contributed by atoms with Crippen LogP contribution in [0.15, 0.2) is 48.5 Å². The third-order valence-electron chi connectivity index (χ3n) is 5.48. The van der Waals surface area contributed by atoms with E-state index in [4.69, 9.17) is 4.74 Å².